The summed E-state index contributed by atoms with van der Waals surface area (Å²) < 4.78 is 5.81. The first-order valence-corrected chi connectivity index (χ1v) is 12.9. The van der Waals surface area contributed by atoms with Gasteiger partial charge >= 0.3 is 0 Å². The highest BCUT2D eigenvalue weighted by Gasteiger charge is 2.40. The lowest BCUT2D eigenvalue weighted by molar-refractivity contribution is -0.0167. The van der Waals surface area contributed by atoms with Crippen molar-refractivity contribution in [3.63, 3.8) is 0 Å². The van der Waals surface area contributed by atoms with Crippen molar-refractivity contribution >= 4 is 0 Å². The van der Waals surface area contributed by atoms with E-state index in [4.69, 9.17) is 4.74 Å². The van der Waals surface area contributed by atoms with E-state index in [2.05, 4.69) is 61.2 Å². The molecule has 0 aliphatic carbocycles. The fourth-order valence-electron chi connectivity index (χ4n) is 5.02. The van der Waals surface area contributed by atoms with Gasteiger partial charge in [-0.1, -0.05) is 88.4 Å². The monoisotopic (exact) mass is 437 g/mol. The Hall–Kier alpha value is -1.84. The van der Waals surface area contributed by atoms with Crippen LogP contribution in [0.5, 0.6) is 5.75 Å². The summed E-state index contributed by atoms with van der Waals surface area (Å²) in [4.78, 5) is 2.57. The number of ether oxygens (including phenoxy) is 1. The summed E-state index contributed by atoms with van der Waals surface area (Å²) in [6, 6.07) is 18.9. The topological polar surface area (TPSA) is 32.7 Å². The maximum absolute atomic E-state index is 12.4. The first-order valence-electron chi connectivity index (χ1n) is 12.9. The molecular weight excluding hydrogens is 394 g/mol. The molecule has 1 N–H and O–H groups in total. The number of likely N-dealkylation sites (tertiary alicyclic amines) is 1. The van der Waals surface area contributed by atoms with E-state index in [9.17, 15) is 5.11 Å². The molecule has 0 unspecified atom stereocenters. The Morgan fingerprint density at radius 1 is 0.875 bits per heavy atom. The van der Waals surface area contributed by atoms with Crippen LogP contribution in [-0.4, -0.2) is 36.2 Å². The van der Waals surface area contributed by atoms with Gasteiger partial charge in [-0.15, -0.1) is 0 Å². The summed E-state index contributed by atoms with van der Waals surface area (Å²) in [5.41, 5.74) is 1.36. The van der Waals surface area contributed by atoms with Gasteiger partial charge in [0, 0.05) is 12.5 Å². The lowest BCUT2D eigenvalue weighted by atomic mass is 9.73. The molecule has 3 heteroatoms. The number of benzene rings is 2. The molecular formula is C29H43NO2. The molecule has 1 aliphatic heterocycles. The standard InChI is InChI=1S/C29H43NO2/c1-3-5-6-11-20-29(31,26-16-18-27(19-17-26)32-23-4-2)28(25-14-9-7-10-15-25)24-30-21-12-8-13-22-30/h7,9-10,14-19,28,31H,3-6,8,11-13,20-24H2,1-2H3/t28-,29+/m1/s1. The zero-order valence-electron chi connectivity index (χ0n) is 20.3. The van der Waals surface area contributed by atoms with Crippen molar-refractivity contribution < 1.29 is 9.84 Å². The van der Waals surface area contributed by atoms with E-state index >= 15 is 0 Å². The highest BCUT2D eigenvalue weighted by molar-refractivity contribution is 5.35. The summed E-state index contributed by atoms with van der Waals surface area (Å²) in [6.45, 7) is 8.27. The molecule has 1 saturated heterocycles. The number of piperidine rings is 1. The number of hydrogen-bond acceptors (Lipinski definition) is 3. The van der Waals surface area contributed by atoms with Gasteiger partial charge in [0.15, 0.2) is 0 Å². The lowest BCUT2D eigenvalue weighted by Crippen LogP contribution is -2.42. The maximum Gasteiger partial charge on any atom is 0.119 e. The van der Waals surface area contributed by atoms with Crippen LogP contribution in [0, 0.1) is 0 Å². The van der Waals surface area contributed by atoms with E-state index < -0.39 is 5.60 Å². The Labute approximate surface area is 195 Å². The summed E-state index contributed by atoms with van der Waals surface area (Å²) in [5.74, 6) is 0.932. The first-order chi connectivity index (χ1) is 15.7. The van der Waals surface area contributed by atoms with Gasteiger partial charge in [0.1, 0.15) is 5.75 Å². The molecule has 0 bridgehead atoms. The van der Waals surface area contributed by atoms with Crippen LogP contribution in [0.3, 0.4) is 0 Å². The molecule has 2 aromatic rings. The fraction of sp³-hybridized carbons (Fsp3) is 0.586. The van der Waals surface area contributed by atoms with Gasteiger partial charge in [0.05, 0.1) is 12.2 Å². The number of unbranched alkanes of at least 4 members (excludes halogenated alkanes) is 3. The molecule has 1 heterocycles. The van der Waals surface area contributed by atoms with Gasteiger partial charge in [0.25, 0.3) is 0 Å². The fourth-order valence-corrected chi connectivity index (χ4v) is 5.02. The quantitative estimate of drug-likeness (QED) is 0.346. The number of rotatable bonds is 13. The minimum absolute atomic E-state index is 0.0471. The van der Waals surface area contributed by atoms with Gasteiger partial charge in [-0.05, 0) is 62.0 Å². The van der Waals surface area contributed by atoms with Gasteiger partial charge < -0.3 is 14.7 Å². The Morgan fingerprint density at radius 3 is 2.25 bits per heavy atom. The summed E-state index contributed by atoms with van der Waals surface area (Å²) >= 11 is 0. The van der Waals surface area contributed by atoms with Gasteiger partial charge in [-0.25, -0.2) is 0 Å². The van der Waals surface area contributed by atoms with Crippen LogP contribution in [0.15, 0.2) is 54.6 Å². The van der Waals surface area contributed by atoms with Crippen molar-refractivity contribution in [3.8, 4) is 5.75 Å². The molecule has 1 fully saturated rings. The van der Waals surface area contributed by atoms with Gasteiger partial charge in [-0.3, -0.25) is 0 Å². The smallest absolute Gasteiger partial charge is 0.119 e. The summed E-state index contributed by atoms with van der Waals surface area (Å²) in [7, 11) is 0. The van der Waals surface area contributed by atoms with Crippen molar-refractivity contribution in [1.29, 1.82) is 0 Å². The zero-order chi connectivity index (χ0) is 22.7. The lowest BCUT2D eigenvalue weighted by Gasteiger charge is -2.41. The largest absolute Gasteiger partial charge is 0.494 e. The third kappa shape index (κ3) is 6.83. The third-order valence-electron chi connectivity index (χ3n) is 6.91. The average Bonchev–Trinajstić information content (AvgIpc) is 2.85. The minimum Gasteiger partial charge on any atom is -0.494 e. The van der Waals surface area contributed by atoms with E-state index in [1.54, 1.807) is 0 Å². The Morgan fingerprint density at radius 2 is 1.59 bits per heavy atom. The van der Waals surface area contributed by atoms with Gasteiger partial charge in [-0.2, -0.15) is 0 Å². The molecule has 0 saturated carbocycles. The van der Waals surface area contributed by atoms with Crippen molar-refractivity contribution in [2.24, 2.45) is 0 Å². The Bertz CT molecular complexity index is 754. The maximum atomic E-state index is 12.4. The van der Waals surface area contributed by atoms with E-state index in [-0.39, 0.29) is 5.92 Å². The molecule has 176 valence electrons. The average molecular weight is 438 g/mol. The Balaban J connectivity index is 1.92. The summed E-state index contributed by atoms with van der Waals surface area (Å²) in [5, 5.41) is 12.4. The van der Waals surface area contributed by atoms with Crippen molar-refractivity contribution in [3.05, 3.63) is 65.7 Å². The second-order valence-electron chi connectivity index (χ2n) is 9.43. The SMILES string of the molecule is CCCCCC[C@](O)(c1ccc(OCCC)cc1)[C@H](CN1CCCCC1)c1ccccc1. The molecule has 2 atom stereocenters. The van der Waals surface area contributed by atoms with E-state index in [0.717, 1.165) is 56.8 Å². The van der Waals surface area contributed by atoms with Crippen molar-refractivity contribution in [2.75, 3.05) is 26.2 Å². The van der Waals surface area contributed by atoms with Crippen molar-refractivity contribution in [1.82, 2.24) is 4.90 Å². The molecule has 1 aliphatic rings. The minimum atomic E-state index is -0.893. The van der Waals surface area contributed by atoms with Crippen LogP contribution < -0.4 is 4.74 Å². The third-order valence-corrected chi connectivity index (χ3v) is 6.91. The highest BCUT2D eigenvalue weighted by Crippen LogP contribution is 2.42. The Kier molecular flexibility index (Phi) is 10.1. The van der Waals surface area contributed by atoms with Crippen LogP contribution in [0.2, 0.25) is 0 Å². The second-order valence-corrected chi connectivity index (χ2v) is 9.43. The van der Waals surface area contributed by atoms with Crippen molar-refractivity contribution in [2.45, 2.75) is 83.2 Å². The van der Waals surface area contributed by atoms with Crippen LogP contribution in [0.25, 0.3) is 0 Å². The predicted octanol–water partition coefficient (Wildman–Crippen LogP) is 6.90. The van der Waals surface area contributed by atoms with Gasteiger partial charge in [0.2, 0.25) is 0 Å². The molecule has 3 rings (SSSR count). The van der Waals surface area contributed by atoms with Crippen LogP contribution in [0.4, 0.5) is 0 Å². The van der Waals surface area contributed by atoms with Crippen LogP contribution in [-0.2, 0) is 5.60 Å². The second kappa shape index (κ2) is 13.0. The molecule has 3 nitrogen and oxygen atoms in total. The highest BCUT2D eigenvalue weighted by atomic mass is 16.5. The molecule has 32 heavy (non-hydrogen) atoms. The number of aliphatic hydroxyl groups is 1. The predicted molar refractivity (Wildman–Crippen MR) is 134 cm³/mol. The first kappa shape index (κ1) is 24.8. The van der Waals surface area contributed by atoms with E-state index in [1.165, 1.54) is 44.1 Å². The molecule has 0 radical (unpaired) electrons. The van der Waals surface area contributed by atoms with E-state index in [0.29, 0.717) is 0 Å². The molecule has 0 spiro atoms. The zero-order valence-corrected chi connectivity index (χ0v) is 20.3. The number of nitrogens with zero attached hydrogens (tertiary/aromatic N) is 1. The number of hydrogen-bond donors (Lipinski definition) is 1. The van der Waals surface area contributed by atoms with E-state index in [1.807, 2.05) is 12.1 Å². The molecule has 0 aromatic heterocycles. The summed E-state index contributed by atoms with van der Waals surface area (Å²) in [6.07, 6.45) is 10.3. The molecule has 2 aromatic carbocycles. The normalized spacial score (nSPS) is 17.6. The molecule has 0 amide bonds. The van der Waals surface area contributed by atoms with Crippen LogP contribution >= 0.6 is 0 Å². The van der Waals surface area contributed by atoms with Crippen LogP contribution in [0.1, 0.15) is 88.7 Å².